The van der Waals surface area contributed by atoms with Crippen LogP contribution in [0.3, 0.4) is 0 Å². The van der Waals surface area contributed by atoms with Crippen molar-refractivity contribution in [3.05, 3.63) is 59.7 Å². The Morgan fingerprint density at radius 2 is 1.92 bits per heavy atom. The Kier molecular flexibility index (Phi) is 4.54. The van der Waals surface area contributed by atoms with Gasteiger partial charge in [-0.3, -0.25) is 4.79 Å². The summed E-state index contributed by atoms with van der Waals surface area (Å²) in [5.41, 5.74) is 10.1. The first-order valence-electron chi connectivity index (χ1n) is 8.79. The lowest BCUT2D eigenvalue weighted by atomic mass is 9.89. The van der Waals surface area contributed by atoms with Crippen molar-refractivity contribution in [3.8, 4) is 0 Å². The van der Waals surface area contributed by atoms with Gasteiger partial charge in [0.2, 0.25) is 5.91 Å². The van der Waals surface area contributed by atoms with Crippen LogP contribution in [0.5, 0.6) is 0 Å². The topological polar surface area (TPSA) is 44.4 Å². The lowest BCUT2D eigenvalue weighted by molar-refractivity contribution is -0.120. The van der Waals surface area contributed by atoms with Crippen LogP contribution in [0.2, 0.25) is 0 Å². The van der Waals surface area contributed by atoms with Crippen molar-refractivity contribution in [1.82, 2.24) is 10.9 Å². The lowest BCUT2D eigenvalue weighted by Gasteiger charge is -2.30. The lowest BCUT2D eigenvalue weighted by Crippen LogP contribution is -2.47. The fourth-order valence-electron chi connectivity index (χ4n) is 3.85. The number of fused-ring (bicyclic) bond motifs is 3. The van der Waals surface area contributed by atoms with Gasteiger partial charge in [-0.1, -0.05) is 43.3 Å². The van der Waals surface area contributed by atoms with Crippen LogP contribution in [0.25, 0.3) is 0 Å². The summed E-state index contributed by atoms with van der Waals surface area (Å²) in [6.45, 7) is 2.12. The van der Waals surface area contributed by atoms with Gasteiger partial charge in [-0.15, -0.1) is 11.8 Å². The van der Waals surface area contributed by atoms with Crippen LogP contribution in [0, 0.1) is 5.92 Å². The zero-order valence-corrected chi connectivity index (χ0v) is 15.3. The van der Waals surface area contributed by atoms with Gasteiger partial charge in [0.25, 0.3) is 0 Å². The highest BCUT2D eigenvalue weighted by Gasteiger charge is 2.44. The Hall–Kier alpha value is -1.82. The second-order valence-corrected chi connectivity index (χ2v) is 7.70. The highest BCUT2D eigenvalue weighted by molar-refractivity contribution is 7.99. The number of aryl methyl sites for hydroxylation is 1. The van der Waals surface area contributed by atoms with Gasteiger partial charge in [0.15, 0.2) is 0 Å². The van der Waals surface area contributed by atoms with Crippen molar-refractivity contribution < 1.29 is 4.79 Å². The van der Waals surface area contributed by atoms with Crippen LogP contribution >= 0.6 is 11.8 Å². The van der Waals surface area contributed by atoms with Crippen molar-refractivity contribution in [2.75, 3.05) is 17.7 Å². The molecule has 5 heteroatoms. The van der Waals surface area contributed by atoms with Crippen molar-refractivity contribution >= 4 is 23.4 Å². The number of para-hydroxylation sites is 1. The average Bonchev–Trinajstić information content (AvgIpc) is 3.11. The quantitative estimate of drug-likeness (QED) is 0.890. The Morgan fingerprint density at radius 3 is 2.76 bits per heavy atom. The molecule has 0 bridgehead atoms. The summed E-state index contributed by atoms with van der Waals surface area (Å²) in [4.78, 5) is 16.3. The second kappa shape index (κ2) is 6.83. The number of hydrogen-bond acceptors (Lipinski definition) is 4. The van der Waals surface area contributed by atoms with Gasteiger partial charge in [-0.05, 0) is 29.7 Å². The van der Waals surface area contributed by atoms with Crippen molar-refractivity contribution in [2.45, 2.75) is 30.3 Å². The summed E-state index contributed by atoms with van der Waals surface area (Å²) in [5.74, 6) is 1.32. The number of likely N-dealkylation sites (N-methyl/N-ethyl adjacent to an activating group) is 1. The number of amides is 1. The van der Waals surface area contributed by atoms with E-state index in [1.807, 2.05) is 41.9 Å². The van der Waals surface area contributed by atoms with Gasteiger partial charge in [0, 0.05) is 29.3 Å². The van der Waals surface area contributed by atoms with E-state index in [0.29, 0.717) is 0 Å². The molecule has 1 amide bonds. The number of carbonyl (C=O) groups excluding carboxylic acids is 1. The maximum absolute atomic E-state index is 13.2. The molecule has 4 rings (SSSR count). The van der Waals surface area contributed by atoms with E-state index in [-0.39, 0.29) is 23.9 Å². The van der Waals surface area contributed by atoms with E-state index in [0.717, 1.165) is 17.9 Å². The smallest absolute Gasteiger partial charge is 0.245 e. The van der Waals surface area contributed by atoms with Gasteiger partial charge < -0.3 is 4.90 Å². The number of benzene rings is 2. The first-order valence-corrected chi connectivity index (χ1v) is 9.77. The molecule has 130 valence electrons. The number of nitrogens with one attached hydrogen (secondary N) is 2. The third-order valence-corrected chi connectivity index (χ3v) is 6.50. The van der Waals surface area contributed by atoms with Crippen LogP contribution in [-0.4, -0.2) is 24.7 Å². The van der Waals surface area contributed by atoms with Crippen LogP contribution in [0.15, 0.2) is 53.4 Å². The van der Waals surface area contributed by atoms with Crippen LogP contribution < -0.4 is 15.8 Å². The summed E-state index contributed by atoms with van der Waals surface area (Å²) in [6.07, 6.45) is 0.916. The Labute approximate surface area is 153 Å². The molecule has 25 heavy (non-hydrogen) atoms. The second-order valence-electron chi connectivity index (χ2n) is 6.64. The minimum atomic E-state index is -0.208. The summed E-state index contributed by atoms with van der Waals surface area (Å²) in [6, 6.07) is 16.6. The van der Waals surface area contributed by atoms with Gasteiger partial charge in [-0.25, -0.2) is 10.9 Å². The minimum absolute atomic E-state index is 0.126. The van der Waals surface area contributed by atoms with E-state index in [1.165, 1.54) is 16.0 Å². The highest BCUT2D eigenvalue weighted by atomic mass is 32.2. The van der Waals surface area contributed by atoms with Gasteiger partial charge in [0.05, 0.1) is 6.04 Å². The predicted molar refractivity (Wildman–Crippen MR) is 103 cm³/mol. The molecule has 0 saturated carbocycles. The minimum Gasteiger partial charge on any atom is -0.314 e. The molecule has 3 atom stereocenters. The molecule has 0 spiro atoms. The molecule has 2 aromatic carbocycles. The fourth-order valence-corrected chi connectivity index (χ4v) is 5.14. The predicted octanol–water partition coefficient (Wildman–Crippen LogP) is 3.15. The van der Waals surface area contributed by atoms with Gasteiger partial charge >= 0.3 is 0 Å². The summed E-state index contributed by atoms with van der Waals surface area (Å²) < 4.78 is 0. The first kappa shape index (κ1) is 16.6. The number of thioether (sulfide) groups is 1. The molecule has 1 fully saturated rings. The largest absolute Gasteiger partial charge is 0.314 e. The first-order chi connectivity index (χ1) is 12.2. The summed E-state index contributed by atoms with van der Waals surface area (Å²) in [7, 11) is 1.88. The summed E-state index contributed by atoms with van der Waals surface area (Å²) in [5, 5.41) is 0. The maximum Gasteiger partial charge on any atom is 0.245 e. The summed E-state index contributed by atoms with van der Waals surface area (Å²) >= 11 is 1.85. The third kappa shape index (κ3) is 2.86. The highest BCUT2D eigenvalue weighted by Crippen LogP contribution is 2.43. The standard InChI is InChI=1S/C20H23N3OS/c1-3-13-8-4-6-10-16(13)23(2)20(24)19-15-12-25-17-11-7-5-9-14(17)18(15)21-22-19/h4-11,15,18-19,21-22H,3,12H2,1-2H3. The Bertz CT molecular complexity index is 794. The SMILES string of the molecule is CCc1ccccc1N(C)C(=O)C1NNC2c3ccccc3SCC12. The van der Waals surface area contributed by atoms with E-state index in [4.69, 9.17) is 0 Å². The van der Waals surface area contributed by atoms with E-state index >= 15 is 0 Å². The monoisotopic (exact) mass is 353 g/mol. The number of rotatable bonds is 3. The zero-order valence-electron chi connectivity index (χ0n) is 14.5. The maximum atomic E-state index is 13.2. The fraction of sp³-hybridized carbons (Fsp3) is 0.350. The third-order valence-electron chi connectivity index (χ3n) is 5.27. The Balaban J connectivity index is 1.58. The molecule has 1 saturated heterocycles. The van der Waals surface area contributed by atoms with E-state index in [1.54, 1.807) is 0 Å². The molecule has 0 aliphatic carbocycles. The van der Waals surface area contributed by atoms with Gasteiger partial charge in [-0.2, -0.15) is 0 Å². The Morgan fingerprint density at radius 1 is 1.16 bits per heavy atom. The number of anilines is 1. The molecule has 0 radical (unpaired) electrons. The molecule has 2 aliphatic rings. The van der Waals surface area contributed by atoms with Crippen molar-refractivity contribution in [2.24, 2.45) is 5.92 Å². The van der Waals surface area contributed by atoms with Crippen molar-refractivity contribution in [1.29, 1.82) is 0 Å². The molecule has 3 unspecified atom stereocenters. The van der Waals surface area contributed by atoms with Gasteiger partial charge in [0.1, 0.15) is 6.04 Å². The normalized spacial score (nSPS) is 24.5. The molecular weight excluding hydrogens is 330 g/mol. The van der Waals surface area contributed by atoms with Crippen LogP contribution in [0.4, 0.5) is 5.69 Å². The zero-order chi connectivity index (χ0) is 17.4. The van der Waals surface area contributed by atoms with E-state index < -0.39 is 0 Å². The number of nitrogens with zero attached hydrogens (tertiary/aromatic N) is 1. The molecular formula is C20H23N3OS. The van der Waals surface area contributed by atoms with E-state index in [9.17, 15) is 4.79 Å². The van der Waals surface area contributed by atoms with E-state index in [2.05, 4.69) is 48.1 Å². The molecule has 2 aliphatic heterocycles. The van der Waals surface area contributed by atoms with Crippen molar-refractivity contribution in [3.63, 3.8) is 0 Å². The van der Waals surface area contributed by atoms with Crippen LogP contribution in [-0.2, 0) is 11.2 Å². The molecule has 0 aromatic heterocycles. The van der Waals surface area contributed by atoms with Crippen LogP contribution in [0.1, 0.15) is 24.1 Å². The molecule has 2 aromatic rings. The number of hydrogen-bond donors (Lipinski definition) is 2. The molecule has 2 heterocycles. The average molecular weight is 353 g/mol. The molecule has 4 nitrogen and oxygen atoms in total. The number of hydrazine groups is 1. The number of carbonyl (C=O) groups is 1. The molecule has 2 N–H and O–H groups in total.